The second-order valence-corrected chi connectivity index (χ2v) is 5.03. The molecule has 16 heavy (non-hydrogen) atoms. The van der Waals surface area contributed by atoms with Crippen LogP contribution >= 0.6 is 15.9 Å². The largest absolute Gasteiger partial charge is 0.507 e. The summed E-state index contributed by atoms with van der Waals surface area (Å²) in [5.41, 5.74) is 0.962. The predicted octanol–water partition coefficient (Wildman–Crippen LogP) is 3.18. The summed E-state index contributed by atoms with van der Waals surface area (Å²) in [7, 11) is 0. The van der Waals surface area contributed by atoms with Gasteiger partial charge in [-0.3, -0.25) is 0 Å². The molecule has 1 aliphatic carbocycles. The number of phenolic OH excluding ortho intramolecular Hbond substituents is 1. The Hall–Kier alpha value is -1.12. The molecule has 1 saturated carbocycles. The van der Waals surface area contributed by atoms with E-state index in [4.69, 9.17) is 0 Å². The van der Waals surface area contributed by atoms with Crippen LogP contribution in [0.1, 0.15) is 30.4 Å². The van der Waals surface area contributed by atoms with Crippen molar-refractivity contribution in [2.24, 2.45) is 4.99 Å². The number of rotatable bonds is 2. The number of halogens is 1. The number of aromatic hydroxyl groups is 1. The molecule has 0 atom stereocenters. The highest BCUT2D eigenvalue weighted by molar-refractivity contribution is 9.10. The maximum atomic E-state index is 10.5. The standard InChI is InChI=1S/C12H12BrNO2/c1-8-3-4-9(13)10(11(8)16)12(14-7-15)5-2-6-12/h3-4,16H,2,5-6H2,1H3. The first-order chi connectivity index (χ1) is 7.60. The smallest absolute Gasteiger partial charge is 0.235 e. The molecule has 84 valence electrons. The highest BCUT2D eigenvalue weighted by atomic mass is 79.9. The lowest BCUT2D eigenvalue weighted by atomic mass is 9.71. The van der Waals surface area contributed by atoms with Crippen molar-refractivity contribution in [2.75, 3.05) is 0 Å². The number of isocyanates is 1. The Labute approximate surface area is 102 Å². The van der Waals surface area contributed by atoms with Gasteiger partial charge in [0.1, 0.15) is 11.3 Å². The van der Waals surface area contributed by atoms with Crippen LogP contribution in [0.4, 0.5) is 0 Å². The molecule has 2 rings (SSSR count). The highest BCUT2D eigenvalue weighted by Crippen LogP contribution is 2.51. The third-order valence-corrected chi connectivity index (χ3v) is 3.90. The van der Waals surface area contributed by atoms with Gasteiger partial charge in [0, 0.05) is 10.0 Å². The Bertz CT molecular complexity index is 474. The third-order valence-electron chi connectivity index (χ3n) is 3.23. The molecular weight excluding hydrogens is 270 g/mol. The van der Waals surface area contributed by atoms with Gasteiger partial charge in [-0.2, -0.15) is 4.99 Å². The van der Waals surface area contributed by atoms with Gasteiger partial charge in [-0.15, -0.1) is 0 Å². The molecule has 0 bridgehead atoms. The van der Waals surface area contributed by atoms with Crippen molar-refractivity contribution in [3.63, 3.8) is 0 Å². The normalized spacial score (nSPS) is 17.4. The summed E-state index contributed by atoms with van der Waals surface area (Å²) >= 11 is 3.41. The number of aliphatic imine (C=N–C) groups is 1. The molecule has 0 amide bonds. The van der Waals surface area contributed by atoms with Crippen molar-refractivity contribution in [1.82, 2.24) is 0 Å². The maximum absolute atomic E-state index is 10.5. The first kappa shape index (κ1) is 11.4. The average molecular weight is 282 g/mol. The first-order valence-corrected chi connectivity index (χ1v) is 5.97. The number of nitrogens with zero attached hydrogens (tertiary/aromatic N) is 1. The van der Waals surface area contributed by atoms with Crippen LogP contribution in [-0.4, -0.2) is 11.2 Å². The van der Waals surface area contributed by atoms with Gasteiger partial charge >= 0.3 is 0 Å². The van der Waals surface area contributed by atoms with E-state index in [1.54, 1.807) is 6.08 Å². The third kappa shape index (κ3) is 1.58. The molecule has 1 fully saturated rings. The van der Waals surface area contributed by atoms with Gasteiger partial charge in [-0.25, -0.2) is 4.79 Å². The van der Waals surface area contributed by atoms with E-state index in [2.05, 4.69) is 20.9 Å². The quantitative estimate of drug-likeness (QED) is 0.669. The van der Waals surface area contributed by atoms with Crippen molar-refractivity contribution in [3.8, 4) is 5.75 Å². The second kappa shape index (κ2) is 4.04. The molecule has 0 heterocycles. The SMILES string of the molecule is Cc1ccc(Br)c(C2(N=C=O)CCC2)c1O. The summed E-state index contributed by atoms with van der Waals surface area (Å²) in [5.74, 6) is 0.230. The van der Waals surface area contributed by atoms with Gasteiger partial charge in [0.15, 0.2) is 0 Å². The van der Waals surface area contributed by atoms with Gasteiger partial charge in [0.05, 0.1) is 0 Å². The van der Waals surface area contributed by atoms with E-state index < -0.39 is 5.54 Å². The second-order valence-electron chi connectivity index (χ2n) is 4.18. The van der Waals surface area contributed by atoms with E-state index >= 15 is 0 Å². The molecule has 1 aliphatic rings. The number of phenols is 1. The Balaban J connectivity index is 2.62. The summed E-state index contributed by atoms with van der Waals surface area (Å²) in [4.78, 5) is 14.4. The van der Waals surface area contributed by atoms with Crippen molar-refractivity contribution in [3.05, 3.63) is 27.7 Å². The van der Waals surface area contributed by atoms with Crippen LogP contribution in [0, 0.1) is 6.92 Å². The van der Waals surface area contributed by atoms with Gasteiger partial charge < -0.3 is 5.11 Å². The van der Waals surface area contributed by atoms with E-state index in [-0.39, 0.29) is 5.75 Å². The Morgan fingerprint density at radius 1 is 1.50 bits per heavy atom. The zero-order chi connectivity index (χ0) is 11.8. The van der Waals surface area contributed by atoms with Crippen LogP contribution in [-0.2, 0) is 10.3 Å². The summed E-state index contributed by atoms with van der Waals surface area (Å²) < 4.78 is 0.800. The number of benzene rings is 1. The fraction of sp³-hybridized carbons (Fsp3) is 0.417. The lowest BCUT2D eigenvalue weighted by Crippen LogP contribution is -2.32. The Morgan fingerprint density at radius 3 is 2.69 bits per heavy atom. The number of aryl methyl sites for hydroxylation is 1. The van der Waals surface area contributed by atoms with Crippen molar-refractivity contribution in [1.29, 1.82) is 0 Å². The van der Waals surface area contributed by atoms with Crippen molar-refractivity contribution >= 4 is 22.0 Å². The fourth-order valence-electron chi connectivity index (χ4n) is 2.13. The highest BCUT2D eigenvalue weighted by Gasteiger charge is 2.42. The molecular formula is C12H12BrNO2. The summed E-state index contributed by atoms with van der Waals surface area (Å²) in [6.07, 6.45) is 4.22. The molecule has 0 aromatic heterocycles. The van der Waals surface area contributed by atoms with Gasteiger partial charge in [-0.05, 0) is 37.8 Å². The van der Waals surface area contributed by atoms with E-state index in [0.717, 1.165) is 34.9 Å². The van der Waals surface area contributed by atoms with Crippen LogP contribution in [0.5, 0.6) is 5.75 Å². The molecule has 0 spiro atoms. The molecule has 3 nitrogen and oxygen atoms in total. The maximum Gasteiger partial charge on any atom is 0.235 e. The van der Waals surface area contributed by atoms with Crippen molar-refractivity contribution in [2.45, 2.75) is 31.7 Å². The van der Waals surface area contributed by atoms with E-state index in [9.17, 15) is 9.90 Å². The lowest BCUT2D eigenvalue weighted by Gasteiger charge is -2.38. The minimum atomic E-state index is -0.559. The summed E-state index contributed by atoms with van der Waals surface area (Å²) in [5, 5.41) is 10.1. The number of carbonyl (C=O) groups excluding carboxylic acids is 1. The molecule has 1 aromatic rings. The Morgan fingerprint density at radius 2 is 2.19 bits per heavy atom. The van der Waals surface area contributed by atoms with Crippen LogP contribution in [0.25, 0.3) is 0 Å². The molecule has 1 N–H and O–H groups in total. The molecule has 0 saturated heterocycles. The minimum absolute atomic E-state index is 0.230. The average Bonchev–Trinajstić information content (AvgIpc) is 2.20. The topological polar surface area (TPSA) is 49.7 Å². The number of hydrogen-bond donors (Lipinski definition) is 1. The van der Waals surface area contributed by atoms with Gasteiger partial charge in [0.25, 0.3) is 0 Å². The lowest BCUT2D eigenvalue weighted by molar-refractivity contribution is 0.246. The monoisotopic (exact) mass is 281 g/mol. The first-order valence-electron chi connectivity index (χ1n) is 5.18. The van der Waals surface area contributed by atoms with Crippen LogP contribution in [0.2, 0.25) is 0 Å². The summed E-state index contributed by atoms with van der Waals surface area (Å²) in [6, 6.07) is 3.71. The van der Waals surface area contributed by atoms with Crippen LogP contribution in [0.3, 0.4) is 0 Å². The Kier molecular flexibility index (Phi) is 2.87. The molecule has 4 heteroatoms. The zero-order valence-corrected chi connectivity index (χ0v) is 10.5. The van der Waals surface area contributed by atoms with Gasteiger partial charge in [-0.1, -0.05) is 22.0 Å². The zero-order valence-electron chi connectivity index (χ0n) is 8.96. The molecule has 0 aliphatic heterocycles. The van der Waals surface area contributed by atoms with Crippen molar-refractivity contribution < 1.29 is 9.90 Å². The minimum Gasteiger partial charge on any atom is -0.507 e. The van der Waals surface area contributed by atoms with Gasteiger partial charge in [0.2, 0.25) is 6.08 Å². The molecule has 1 aromatic carbocycles. The van der Waals surface area contributed by atoms with E-state index in [0.29, 0.717) is 0 Å². The molecule has 0 radical (unpaired) electrons. The van der Waals surface area contributed by atoms with Crippen LogP contribution in [0.15, 0.2) is 21.6 Å². The van der Waals surface area contributed by atoms with Crippen LogP contribution < -0.4 is 0 Å². The predicted molar refractivity (Wildman–Crippen MR) is 64.2 cm³/mol. The fourth-order valence-corrected chi connectivity index (χ4v) is 2.82. The molecule has 0 unspecified atom stereocenters. The number of hydrogen-bond acceptors (Lipinski definition) is 3. The van der Waals surface area contributed by atoms with E-state index in [1.807, 2.05) is 19.1 Å². The van der Waals surface area contributed by atoms with E-state index in [1.165, 1.54) is 0 Å². The summed E-state index contributed by atoms with van der Waals surface area (Å²) in [6.45, 7) is 1.84.